The number of aromatic nitrogens is 1. The second kappa shape index (κ2) is 3.18. The molecule has 1 radical (unpaired) electrons. The van der Waals surface area contributed by atoms with E-state index in [0.717, 1.165) is 10.9 Å². The Bertz CT molecular complexity index is 471. The third-order valence-electron chi connectivity index (χ3n) is 2.15. The highest BCUT2D eigenvalue weighted by molar-refractivity contribution is 6.05. The first-order chi connectivity index (χ1) is 6.70. The van der Waals surface area contributed by atoms with E-state index in [-0.39, 0.29) is 5.91 Å². The smallest absolute Gasteiger partial charge is 0.255 e. The van der Waals surface area contributed by atoms with Gasteiger partial charge in [0.1, 0.15) is 0 Å². The van der Waals surface area contributed by atoms with Crippen molar-refractivity contribution >= 4 is 16.8 Å². The highest BCUT2D eigenvalue weighted by atomic mass is 16.2. The summed E-state index contributed by atoms with van der Waals surface area (Å²) < 4.78 is 0. The number of nitrogens with zero attached hydrogens (tertiary/aromatic N) is 1. The molecule has 1 aromatic heterocycles. The lowest BCUT2D eigenvalue weighted by Gasteiger charge is -2.10. The van der Waals surface area contributed by atoms with E-state index >= 15 is 0 Å². The minimum Gasteiger partial charge on any atom is -0.360 e. The predicted molar refractivity (Wildman–Crippen MR) is 55.2 cm³/mol. The summed E-state index contributed by atoms with van der Waals surface area (Å²) in [5, 5.41) is 0.942. The molecule has 14 heavy (non-hydrogen) atoms. The van der Waals surface area contributed by atoms with Crippen LogP contribution < -0.4 is 0 Å². The van der Waals surface area contributed by atoms with E-state index in [0.29, 0.717) is 5.56 Å². The van der Waals surface area contributed by atoms with Crippen LogP contribution in [0.5, 0.6) is 0 Å². The van der Waals surface area contributed by atoms with Crippen LogP contribution in [-0.2, 0) is 0 Å². The fraction of sp³-hybridized carbons (Fsp3) is 0.182. The molecule has 71 valence electrons. The van der Waals surface area contributed by atoms with Crippen LogP contribution in [0.1, 0.15) is 10.4 Å². The molecule has 0 atom stereocenters. The first kappa shape index (κ1) is 8.81. The summed E-state index contributed by atoms with van der Waals surface area (Å²) >= 11 is 0. The van der Waals surface area contributed by atoms with Gasteiger partial charge in [0.25, 0.3) is 5.91 Å². The molecule has 3 heteroatoms. The molecular formula is C11H11N2O. The first-order valence-electron chi connectivity index (χ1n) is 4.39. The van der Waals surface area contributed by atoms with Crippen LogP contribution in [0, 0.1) is 6.07 Å². The average Bonchev–Trinajstić information content (AvgIpc) is 2.63. The summed E-state index contributed by atoms with van der Waals surface area (Å²) in [5.41, 5.74) is 1.54. The standard InChI is InChI=1S/C11H11N2O/c1-13(2)11(14)9-5-3-4-8-6-7-12-10(8)9/h3-5,7,12H,1-2H3. The van der Waals surface area contributed by atoms with Crippen LogP contribution >= 0.6 is 0 Å². The zero-order chi connectivity index (χ0) is 10.1. The molecule has 1 aromatic carbocycles. The summed E-state index contributed by atoms with van der Waals surface area (Å²) in [5.74, 6) is 0.00597. The molecule has 0 aliphatic heterocycles. The van der Waals surface area contributed by atoms with Gasteiger partial charge in [-0.25, -0.2) is 0 Å². The number of H-pyrrole nitrogens is 1. The maximum atomic E-state index is 11.7. The van der Waals surface area contributed by atoms with Gasteiger partial charge in [-0.15, -0.1) is 0 Å². The molecule has 0 unspecified atom stereocenters. The van der Waals surface area contributed by atoms with Crippen LogP contribution in [0.2, 0.25) is 0 Å². The molecule has 0 bridgehead atoms. The third kappa shape index (κ3) is 1.27. The van der Waals surface area contributed by atoms with Crippen LogP contribution in [0.4, 0.5) is 0 Å². The summed E-state index contributed by atoms with van der Waals surface area (Å²) in [6.45, 7) is 0. The lowest BCUT2D eigenvalue weighted by Crippen LogP contribution is -2.21. The number of nitrogens with one attached hydrogen (secondary N) is 1. The van der Waals surface area contributed by atoms with E-state index < -0.39 is 0 Å². The van der Waals surface area contributed by atoms with Crippen LogP contribution in [-0.4, -0.2) is 29.9 Å². The minimum absolute atomic E-state index is 0.00597. The Morgan fingerprint density at radius 3 is 2.93 bits per heavy atom. The van der Waals surface area contributed by atoms with Gasteiger partial charge in [0.05, 0.1) is 11.1 Å². The van der Waals surface area contributed by atoms with Crippen molar-refractivity contribution in [3.63, 3.8) is 0 Å². The molecule has 0 aliphatic carbocycles. The first-order valence-corrected chi connectivity index (χ1v) is 4.39. The van der Waals surface area contributed by atoms with Crippen LogP contribution in [0.25, 0.3) is 10.9 Å². The van der Waals surface area contributed by atoms with E-state index in [1.807, 2.05) is 18.2 Å². The lowest BCUT2D eigenvalue weighted by atomic mass is 10.1. The summed E-state index contributed by atoms with van der Waals surface area (Å²) in [6.07, 6.45) is 1.72. The average molecular weight is 187 g/mol. The van der Waals surface area contributed by atoms with E-state index in [9.17, 15) is 4.79 Å². The Hall–Kier alpha value is -1.77. The highest BCUT2D eigenvalue weighted by Crippen LogP contribution is 2.17. The molecule has 2 rings (SSSR count). The molecule has 0 aliphatic rings. The zero-order valence-corrected chi connectivity index (χ0v) is 8.16. The van der Waals surface area contributed by atoms with Crippen molar-refractivity contribution in [1.82, 2.24) is 9.88 Å². The second-order valence-electron chi connectivity index (χ2n) is 3.36. The van der Waals surface area contributed by atoms with Gasteiger partial charge < -0.3 is 9.88 Å². The highest BCUT2D eigenvalue weighted by Gasteiger charge is 2.11. The van der Waals surface area contributed by atoms with Gasteiger partial charge in [-0.2, -0.15) is 0 Å². The predicted octanol–water partition coefficient (Wildman–Crippen LogP) is 1.67. The Kier molecular flexibility index (Phi) is 2.00. The van der Waals surface area contributed by atoms with Gasteiger partial charge >= 0.3 is 0 Å². The summed E-state index contributed by atoms with van der Waals surface area (Å²) in [7, 11) is 3.49. The molecule has 1 N–H and O–H groups in total. The maximum absolute atomic E-state index is 11.7. The van der Waals surface area contributed by atoms with Gasteiger partial charge in [0, 0.05) is 31.7 Å². The van der Waals surface area contributed by atoms with Crippen molar-refractivity contribution < 1.29 is 4.79 Å². The van der Waals surface area contributed by atoms with E-state index in [2.05, 4.69) is 11.1 Å². The van der Waals surface area contributed by atoms with Gasteiger partial charge in [-0.05, 0) is 6.07 Å². The second-order valence-corrected chi connectivity index (χ2v) is 3.36. The molecule has 0 saturated heterocycles. The van der Waals surface area contributed by atoms with Crippen molar-refractivity contribution in [2.45, 2.75) is 0 Å². The van der Waals surface area contributed by atoms with Crippen LogP contribution in [0.3, 0.4) is 0 Å². The normalized spacial score (nSPS) is 10.4. The topological polar surface area (TPSA) is 36.1 Å². The molecule has 3 nitrogen and oxygen atoms in total. The van der Waals surface area contributed by atoms with Crippen LogP contribution in [0.15, 0.2) is 24.4 Å². The fourth-order valence-electron chi connectivity index (χ4n) is 1.43. The number of rotatable bonds is 1. The molecule has 1 amide bonds. The lowest BCUT2D eigenvalue weighted by molar-refractivity contribution is 0.0829. The van der Waals surface area contributed by atoms with E-state index in [4.69, 9.17) is 0 Å². The van der Waals surface area contributed by atoms with Crippen molar-refractivity contribution in [3.8, 4) is 0 Å². The third-order valence-corrected chi connectivity index (χ3v) is 2.15. The van der Waals surface area contributed by atoms with Crippen molar-refractivity contribution in [2.75, 3.05) is 14.1 Å². The number of aromatic amines is 1. The number of carbonyl (C=O) groups is 1. The van der Waals surface area contributed by atoms with Gasteiger partial charge in [-0.1, -0.05) is 12.1 Å². The van der Waals surface area contributed by atoms with Gasteiger partial charge in [0.2, 0.25) is 0 Å². The monoisotopic (exact) mass is 187 g/mol. The molecule has 0 saturated carbocycles. The maximum Gasteiger partial charge on any atom is 0.255 e. The van der Waals surface area contributed by atoms with Crippen molar-refractivity contribution in [1.29, 1.82) is 0 Å². The molecule has 1 heterocycles. The number of para-hydroxylation sites is 1. The van der Waals surface area contributed by atoms with Gasteiger partial charge in [-0.3, -0.25) is 4.79 Å². The summed E-state index contributed by atoms with van der Waals surface area (Å²) in [4.78, 5) is 16.3. The fourth-order valence-corrected chi connectivity index (χ4v) is 1.43. The Balaban J connectivity index is 2.62. The minimum atomic E-state index is 0.00597. The Morgan fingerprint density at radius 1 is 1.43 bits per heavy atom. The number of hydrogen-bond donors (Lipinski definition) is 1. The number of fused-ring (bicyclic) bond motifs is 1. The Labute approximate surface area is 82.3 Å². The van der Waals surface area contributed by atoms with Crippen molar-refractivity contribution in [2.24, 2.45) is 0 Å². The molecular weight excluding hydrogens is 176 g/mol. The summed E-state index contributed by atoms with van der Waals surface area (Å²) in [6, 6.07) is 8.64. The Morgan fingerprint density at radius 2 is 2.21 bits per heavy atom. The number of amides is 1. The quantitative estimate of drug-likeness (QED) is 0.724. The molecule has 0 fully saturated rings. The van der Waals surface area contributed by atoms with Crippen molar-refractivity contribution in [3.05, 3.63) is 36.0 Å². The van der Waals surface area contributed by atoms with Gasteiger partial charge in [0.15, 0.2) is 0 Å². The SMILES string of the molecule is CN(C)C(=O)c1cccc2[c]c[nH]c12. The molecule has 2 aromatic rings. The number of carbonyl (C=O) groups excluding carboxylic acids is 1. The van der Waals surface area contributed by atoms with E-state index in [1.165, 1.54) is 0 Å². The zero-order valence-electron chi connectivity index (χ0n) is 8.16. The van der Waals surface area contributed by atoms with E-state index in [1.54, 1.807) is 25.2 Å². The molecule has 0 spiro atoms. The largest absolute Gasteiger partial charge is 0.360 e. The number of benzene rings is 1. The number of hydrogen-bond acceptors (Lipinski definition) is 1.